The van der Waals surface area contributed by atoms with Crippen molar-refractivity contribution >= 4 is 6.09 Å². The Hall–Kier alpha value is -0.810. The summed E-state index contributed by atoms with van der Waals surface area (Å²) in [5, 5.41) is 10.7. The van der Waals surface area contributed by atoms with Crippen molar-refractivity contribution in [2.75, 3.05) is 6.54 Å². The van der Waals surface area contributed by atoms with Crippen LogP contribution in [0.3, 0.4) is 0 Å². The molecule has 3 atom stereocenters. The van der Waals surface area contributed by atoms with E-state index in [1.54, 1.807) is 4.90 Å². The van der Waals surface area contributed by atoms with E-state index in [2.05, 4.69) is 0 Å². The molecule has 0 aromatic rings. The molecule has 0 aromatic heterocycles. The van der Waals surface area contributed by atoms with Gasteiger partial charge in [0, 0.05) is 12.6 Å². The summed E-state index contributed by atoms with van der Waals surface area (Å²) in [4.78, 5) is 14.0. The summed E-state index contributed by atoms with van der Waals surface area (Å²) in [6.45, 7) is 6.23. The number of carbonyl (C=O) groups is 1. The van der Waals surface area contributed by atoms with Crippen molar-refractivity contribution in [3.05, 3.63) is 0 Å². The highest BCUT2D eigenvalue weighted by Crippen LogP contribution is 2.30. The van der Waals surface area contributed by atoms with Gasteiger partial charge >= 0.3 is 6.09 Å². The molecule has 0 radical (unpaired) electrons. The fraction of sp³-hybridized carbons (Fsp3) is 0.944. The first-order valence-corrected chi connectivity index (χ1v) is 9.21. The zero-order valence-electron chi connectivity index (χ0n) is 15.0. The summed E-state index contributed by atoms with van der Waals surface area (Å²) in [6, 6.07) is -0.463. The van der Waals surface area contributed by atoms with Crippen LogP contribution in [0.2, 0.25) is 0 Å². The standard InChI is InChI=1S/C18H34N2O3/c1-18(2,3)23-17(22)20-11-7-10-15(20)16(21)14(19)12-13-8-5-4-6-9-13/h13-16,21H,4-12,19H2,1-3H3/t14-,15+,16-/m0/s1. The van der Waals surface area contributed by atoms with E-state index in [0.29, 0.717) is 12.5 Å². The molecular weight excluding hydrogens is 292 g/mol. The Labute approximate surface area is 140 Å². The molecule has 1 aliphatic carbocycles. The third kappa shape index (κ3) is 5.35. The number of aliphatic hydroxyl groups is 1. The van der Waals surface area contributed by atoms with Crippen LogP contribution >= 0.6 is 0 Å². The molecule has 1 amide bonds. The lowest BCUT2D eigenvalue weighted by molar-refractivity contribution is -0.00111. The summed E-state index contributed by atoms with van der Waals surface area (Å²) < 4.78 is 5.47. The summed E-state index contributed by atoms with van der Waals surface area (Å²) >= 11 is 0. The maximum atomic E-state index is 12.3. The average Bonchev–Trinajstić information content (AvgIpc) is 2.95. The number of nitrogens with zero attached hydrogens (tertiary/aromatic N) is 1. The van der Waals surface area contributed by atoms with E-state index in [-0.39, 0.29) is 18.2 Å². The topological polar surface area (TPSA) is 75.8 Å². The van der Waals surface area contributed by atoms with Crippen LogP contribution in [0.15, 0.2) is 0 Å². The van der Waals surface area contributed by atoms with Crippen molar-refractivity contribution in [1.29, 1.82) is 0 Å². The van der Waals surface area contributed by atoms with E-state index in [1.807, 2.05) is 20.8 Å². The molecule has 2 fully saturated rings. The molecule has 3 N–H and O–H groups in total. The molecule has 1 saturated heterocycles. The van der Waals surface area contributed by atoms with Gasteiger partial charge in [-0.05, 0) is 46.0 Å². The first kappa shape index (κ1) is 18.5. The molecule has 0 aromatic carbocycles. The molecule has 0 spiro atoms. The number of rotatable bonds is 4. The van der Waals surface area contributed by atoms with Crippen molar-refractivity contribution < 1.29 is 14.6 Å². The van der Waals surface area contributed by atoms with E-state index in [4.69, 9.17) is 10.5 Å². The third-order valence-electron chi connectivity index (χ3n) is 5.09. The number of aliphatic hydroxyl groups excluding tert-OH is 1. The quantitative estimate of drug-likeness (QED) is 0.832. The molecule has 134 valence electrons. The molecule has 5 heteroatoms. The maximum absolute atomic E-state index is 12.3. The van der Waals surface area contributed by atoms with Gasteiger partial charge in [-0.2, -0.15) is 0 Å². The van der Waals surface area contributed by atoms with E-state index in [0.717, 1.165) is 19.3 Å². The number of hydrogen-bond acceptors (Lipinski definition) is 4. The van der Waals surface area contributed by atoms with Crippen LogP contribution < -0.4 is 5.73 Å². The van der Waals surface area contributed by atoms with Crippen molar-refractivity contribution in [3.8, 4) is 0 Å². The molecule has 5 nitrogen and oxygen atoms in total. The predicted molar refractivity (Wildman–Crippen MR) is 91.1 cm³/mol. The Kier molecular flexibility index (Phi) is 6.32. The van der Waals surface area contributed by atoms with Gasteiger partial charge in [-0.3, -0.25) is 0 Å². The number of nitrogens with two attached hydrogens (primary N) is 1. The van der Waals surface area contributed by atoms with E-state index >= 15 is 0 Å². The number of likely N-dealkylation sites (tertiary alicyclic amines) is 1. The molecule has 23 heavy (non-hydrogen) atoms. The van der Waals surface area contributed by atoms with Gasteiger partial charge in [-0.25, -0.2) is 4.79 Å². The van der Waals surface area contributed by atoms with Crippen molar-refractivity contribution in [3.63, 3.8) is 0 Å². The van der Waals surface area contributed by atoms with Gasteiger partial charge in [0.15, 0.2) is 0 Å². The Bertz CT molecular complexity index is 388. The molecule has 0 unspecified atom stereocenters. The van der Waals surface area contributed by atoms with Crippen molar-refractivity contribution in [2.45, 2.75) is 95.9 Å². The highest BCUT2D eigenvalue weighted by Gasteiger charge is 2.39. The largest absolute Gasteiger partial charge is 0.444 e. The van der Waals surface area contributed by atoms with Crippen LogP contribution in [0.25, 0.3) is 0 Å². The van der Waals surface area contributed by atoms with Gasteiger partial charge in [0.2, 0.25) is 0 Å². The number of carbonyl (C=O) groups excluding carboxylic acids is 1. The van der Waals surface area contributed by atoms with Gasteiger partial charge in [-0.1, -0.05) is 32.1 Å². The van der Waals surface area contributed by atoms with E-state index in [1.165, 1.54) is 32.1 Å². The van der Waals surface area contributed by atoms with Crippen molar-refractivity contribution in [1.82, 2.24) is 4.90 Å². The second-order valence-electron chi connectivity index (χ2n) is 8.28. The molecule has 2 aliphatic rings. The molecule has 2 rings (SSSR count). The van der Waals surface area contributed by atoms with Gasteiger partial charge in [0.25, 0.3) is 0 Å². The van der Waals surface area contributed by atoms with Crippen LogP contribution in [0.1, 0.15) is 72.1 Å². The lowest BCUT2D eigenvalue weighted by Gasteiger charge is -2.34. The smallest absolute Gasteiger partial charge is 0.410 e. The fourth-order valence-electron chi connectivity index (χ4n) is 3.93. The van der Waals surface area contributed by atoms with Gasteiger partial charge in [-0.15, -0.1) is 0 Å². The van der Waals surface area contributed by atoms with E-state index in [9.17, 15) is 9.90 Å². The lowest BCUT2D eigenvalue weighted by atomic mass is 9.83. The zero-order chi connectivity index (χ0) is 17.0. The highest BCUT2D eigenvalue weighted by molar-refractivity contribution is 5.69. The molecule has 1 heterocycles. The molecule has 0 bridgehead atoms. The Morgan fingerprint density at radius 1 is 1.22 bits per heavy atom. The van der Waals surface area contributed by atoms with Gasteiger partial charge < -0.3 is 20.5 Å². The Morgan fingerprint density at radius 3 is 2.48 bits per heavy atom. The normalized spacial score (nSPS) is 26.1. The van der Waals surface area contributed by atoms with Crippen LogP contribution in [0, 0.1) is 5.92 Å². The number of hydrogen-bond donors (Lipinski definition) is 2. The van der Waals surface area contributed by atoms with Crippen LogP contribution in [-0.4, -0.2) is 46.4 Å². The summed E-state index contributed by atoms with van der Waals surface area (Å²) in [6.07, 6.45) is 7.90. The number of amides is 1. The van der Waals surface area contributed by atoms with E-state index < -0.39 is 11.7 Å². The lowest BCUT2D eigenvalue weighted by Crippen LogP contribution is -2.52. The first-order chi connectivity index (χ1) is 10.8. The molecule has 1 aliphatic heterocycles. The third-order valence-corrected chi connectivity index (χ3v) is 5.09. The summed E-state index contributed by atoms with van der Waals surface area (Å²) in [5.41, 5.74) is 5.77. The molecule has 1 saturated carbocycles. The van der Waals surface area contributed by atoms with Crippen LogP contribution in [0.4, 0.5) is 4.79 Å². The second-order valence-corrected chi connectivity index (χ2v) is 8.28. The van der Waals surface area contributed by atoms with Gasteiger partial charge in [0.1, 0.15) is 5.60 Å². The second kappa shape index (κ2) is 7.84. The minimum atomic E-state index is -0.660. The van der Waals surface area contributed by atoms with Gasteiger partial charge in [0.05, 0.1) is 12.1 Å². The highest BCUT2D eigenvalue weighted by atomic mass is 16.6. The Morgan fingerprint density at radius 2 is 1.87 bits per heavy atom. The SMILES string of the molecule is CC(C)(C)OC(=O)N1CCC[C@@H]1[C@@H](O)[C@@H](N)CC1CCCCC1. The average molecular weight is 326 g/mol. The van der Waals surface area contributed by atoms with Crippen molar-refractivity contribution in [2.24, 2.45) is 11.7 Å². The van der Waals surface area contributed by atoms with Crippen LogP contribution in [-0.2, 0) is 4.74 Å². The minimum absolute atomic E-state index is 0.205. The van der Waals surface area contributed by atoms with Crippen LogP contribution in [0.5, 0.6) is 0 Å². The first-order valence-electron chi connectivity index (χ1n) is 9.21. The monoisotopic (exact) mass is 326 g/mol. The summed E-state index contributed by atoms with van der Waals surface area (Å²) in [5.74, 6) is 0.629. The predicted octanol–water partition coefficient (Wildman–Crippen LogP) is 3.04. The number of ether oxygens (including phenoxy) is 1. The minimum Gasteiger partial charge on any atom is -0.444 e. The molecular formula is C18H34N2O3. The fourth-order valence-corrected chi connectivity index (χ4v) is 3.93. The maximum Gasteiger partial charge on any atom is 0.410 e. The Balaban J connectivity index is 1.90. The summed E-state index contributed by atoms with van der Waals surface area (Å²) in [7, 11) is 0. The zero-order valence-corrected chi connectivity index (χ0v) is 15.0.